The van der Waals surface area contributed by atoms with Crippen LogP contribution in [0.15, 0.2) is 0 Å². The number of hydrogen-bond acceptors (Lipinski definition) is 3. The van der Waals surface area contributed by atoms with Crippen LogP contribution in [-0.4, -0.2) is 22.3 Å². The van der Waals surface area contributed by atoms with Crippen molar-refractivity contribution < 1.29 is 15.0 Å². The summed E-state index contributed by atoms with van der Waals surface area (Å²) in [6.45, 7) is 5.59. The molecule has 0 aromatic carbocycles. The summed E-state index contributed by atoms with van der Waals surface area (Å²) in [5.74, 6) is -0.864. The van der Waals surface area contributed by atoms with Gasteiger partial charge in [-0.3, -0.25) is 0 Å². The molecule has 0 saturated carbocycles. The fourth-order valence-corrected chi connectivity index (χ4v) is 2.55. The van der Waals surface area contributed by atoms with Gasteiger partial charge in [0, 0.05) is 4.88 Å². The number of carboxylic acid groups (broad SMARTS) is 1. The predicted octanol–water partition coefficient (Wildman–Crippen LogP) is 2.38. The monoisotopic (exact) mass is 228 g/mol. The Morgan fingerprint density at radius 1 is 1.47 bits per heavy atom. The average Bonchev–Trinajstić information content (AvgIpc) is 2.41. The third kappa shape index (κ3) is 2.79. The first-order valence-corrected chi connectivity index (χ1v) is 5.75. The quantitative estimate of drug-likeness (QED) is 0.831. The van der Waals surface area contributed by atoms with Gasteiger partial charge in [-0.25, -0.2) is 4.79 Å². The van der Waals surface area contributed by atoms with Gasteiger partial charge in [0.1, 0.15) is 4.88 Å². The Morgan fingerprint density at radius 3 is 2.53 bits per heavy atom. The molecule has 4 heteroatoms. The number of thiophene rings is 1. The first-order chi connectivity index (χ1) is 6.93. The number of aromatic carboxylic acids is 1. The van der Waals surface area contributed by atoms with Gasteiger partial charge < -0.3 is 10.2 Å². The highest BCUT2D eigenvalue weighted by Crippen LogP contribution is 2.28. The van der Waals surface area contributed by atoms with Gasteiger partial charge in [-0.1, -0.05) is 0 Å². The molecule has 1 unspecified atom stereocenters. The highest BCUT2D eigenvalue weighted by Gasteiger charge is 2.17. The molecule has 0 amide bonds. The topological polar surface area (TPSA) is 57.5 Å². The van der Waals surface area contributed by atoms with Crippen LogP contribution >= 0.6 is 11.3 Å². The molecule has 0 aliphatic heterocycles. The number of aliphatic hydroxyl groups excluding tert-OH is 1. The summed E-state index contributed by atoms with van der Waals surface area (Å²) in [5.41, 5.74) is 1.93. The molecular weight excluding hydrogens is 212 g/mol. The fourth-order valence-electron chi connectivity index (χ4n) is 1.50. The number of aliphatic hydroxyl groups is 1. The van der Waals surface area contributed by atoms with Crippen molar-refractivity contribution in [1.82, 2.24) is 0 Å². The largest absolute Gasteiger partial charge is 0.477 e. The summed E-state index contributed by atoms with van der Waals surface area (Å²) in [4.78, 5) is 12.5. The zero-order valence-electron chi connectivity index (χ0n) is 9.20. The van der Waals surface area contributed by atoms with Crippen molar-refractivity contribution in [3.8, 4) is 0 Å². The number of rotatable bonds is 4. The third-order valence-corrected chi connectivity index (χ3v) is 3.75. The predicted molar refractivity (Wildman–Crippen MR) is 60.8 cm³/mol. The van der Waals surface area contributed by atoms with Crippen molar-refractivity contribution in [2.75, 3.05) is 0 Å². The molecule has 1 heterocycles. The molecule has 1 rings (SSSR count). The second-order valence-corrected chi connectivity index (χ2v) is 5.01. The van der Waals surface area contributed by atoms with Crippen molar-refractivity contribution in [2.24, 2.45) is 0 Å². The highest BCUT2D eigenvalue weighted by atomic mass is 32.1. The second kappa shape index (κ2) is 4.77. The molecule has 1 aromatic rings. The van der Waals surface area contributed by atoms with Crippen molar-refractivity contribution >= 4 is 17.3 Å². The molecule has 1 atom stereocenters. The van der Waals surface area contributed by atoms with Crippen LogP contribution in [0.3, 0.4) is 0 Å². The van der Waals surface area contributed by atoms with Gasteiger partial charge in [-0.2, -0.15) is 0 Å². The molecular formula is C11H16O3S. The maximum absolute atomic E-state index is 11.0. The van der Waals surface area contributed by atoms with E-state index in [1.165, 1.54) is 11.3 Å². The van der Waals surface area contributed by atoms with E-state index in [0.717, 1.165) is 16.0 Å². The maximum Gasteiger partial charge on any atom is 0.346 e. The van der Waals surface area contributed by atoms with Crippen molar-refractivity contribution in [2.45, 2.75) is 39.7 Å². The molecule has 0 fully saturated rings. The van der Waals surface area contributed by atoms with E-state index < -0.39 is 5.97 Å². The average molecular weight is 228 g/mol. The molecule has 0 bridgehead atoms. The SMILES string of the molecule is Cc1sc(C(=O)O)c(CCC(C)O)c1C. The van der Waals surface area contributed by atoms with Crippen molar-refractivity contribution in [3.63, 3.8) is 0 Å². The normalized spacial score (nSPS) is 12.8. The molecule has 0 radical (unpaired) electrons. The molecule has 3 nitrogen and oxygen atoms in total. The van der Waals surface area contributed by atoms with Gasteiger partial charge >= 0.3 is 5.97 Å². The lowest BCUT2D eigenvalue weighted by Gasteiger charge is -2.05. The Kier molecular flexibility index (Phi) is 3.88. The molecule has 84 valence electrons. The van der Waals surface area contributed by atoms with E-state index in [4.69, 9.17) is 5.11 Å². The Labute approximate surface area is 93.4 Å². The van der Waals surface area contributed by atoms with Crippen LogP contribution in [0.1, 0.15) is 39.0 Å². The molecule has 0 aliphatic rings. The molecule has 0 saturated heterocycles. The van der Waals surface area contributed by atoms with E-state index in [1.54, 1.807) is 6.92 Å². The van der Waals surface area contributed by atoms with E-state index in [0.29, 0.717) is 17.7 Å². The fraction of sp³-hybridized carbons (Fsp3) is 0.545. The van der Waals surface area contributed by atoms with Crippen LogP contribution in [0.4, 0.5) is 0 Å². The van der Waals surface area contributed by atoms with Crippen LogP contribution in [0.25, 0.3) is 0 Å². The van der Waals surface area contributed by atoms with Crippen molar-refractivity contribution in [1.29, 1.82) is 0 Å². The second-order valence-electron chi connectivity index (χ2n) is 3.78. The van der Waals surface area contributed by atoms with Gasteiger partial charge in [0.25, 0.3) is 0 Å². The van der Waals surface area contributed by atoms with Gasteiger partial charge in [0.2, 0.25) is 0 Å². The van der Waals surface area contributed by atoms with Gasteiger partial charge in [-0.15, -0.1) is 11.3 Å². The Balaban J connectivity index is 2.98. The Hall–Kier alpha value is -0.870. The minimum Gasteiger partial charge on any atom is -0.477 e. The summed E-state index contributed by atoms with van der Waals surface area (Å²) in [5, 5.41) is 18.2. The summed E-state index contributed by atoms with van der Waals surface area (Å²) < 4.78 is 0. The van der Waals surface area contributed by atoms with E-state index in [-0.39, 0.29) is 6.10 Å². The molecule has 2 N–H and O–H groups in total. The number of carboxylic acids is 1. The molecule has 1 aromatic heterocycles. The van der Waals surface area contributed by atoms with Crippen molar-refractivity contribution in [3.05, 3.63) is 20.9 Å². The standard InChI is InChI=1S/C11H16O3S/c1-6(12)4-5-9-7(2)8(3)15-10(9)11(13)14/h6,12H,4-5H2,1-3H3,(H,13,14). The lowest BCUT2D eigenvalue weighted by Crippen LogP contribution is -2.05. The minimum absolute atomic E-state index is 0.383. The summed E-state index contributed by atoms with van der Waals surface area (Å²) in [6.07, 6.45) is 0.860. The Morgan fingerprint density at radius 2 is 2.07 bits per heavy atom. The summed E-state index contributed by atoms with van der Waals surface area (Å²) in [7, 11) is 0. The number of aryl methyl sites for hydroxylation is 1. The first kappa shape index (κ1) is 12.2. The first-order valence-electron chi connectivity index (χ1n) is 4.93. The summed E-state index contributed by atoms with van der Waals surface area (Å²) in [6, 6.07) is 0. The number of carbonyl (C=O) groups is 1. The van der Waals surface area contributed by atoms with Gasteiger partial charge in [0.05, 0.1) is 6.10 Å². The Bertz CT molecular complexity index is 366. The van der Waals surface area contributed by atoms with E-state index >= 15 is 0 Å². The number of hydrogen-bond donors (Lipinski definition) is 2. The van der Waals surface area contributed by atoms with E-state index in [1.807, 2.05) is 13.8 Å². The van der Waals surface area contributed by atoms with Gasteiger partial charge in [-0.05, 0) is 44.7 Å². The smallest absolute Gasteiger partial charge is 0.346 e. The van der Waals surface area contributed by atoms with Crippen LogP contribution in [0.2, 0.25) is 0 Å². The lowest BCUT2D eigenvalue weighted by atomic mass is 10.0. The van der Waals surface area contributed by atoms with E-state index in [9.17, 15) is 9.90 Å². The summed E-state index contributed by atoms with van der Waals surface area (Å²) >= 11 is 1.32. The van der Waals surface area contributed by atoms with Crippen LogP contribution < -0.4 is 0 Å². The maximum atomic E-state index is 11.0. The van der Waals surface area contributed by atoms with Crippen LogP contribution in [0, 0.1) is 13.8 Å². The highest BCUT2D eigenvalue weighted by molar-refractivity contribution is 7.14. The van der Waals surface area contributed by atoms with Gasteiger partial charge in [0.15, 0.2) is 0 Å². The third-order valence-electron chi connectivity index (χ3n) is 2.52. The van der Waals surface area contributed by atoms with Crippen LogP contribution in [0.5, 0.6) is 0 Å². The van der Waals surface area contributed by atoms with E-state index in [2.05, 4.69) is 0 Å². The molecule has 0 spiro atoms. The van der Waals surface area contributed by atoms with Crippen LogP contribution in [-0.2, 0) is 6.42 Å². The lowest BCUT2D eigenvalue weighted by molar-refractivity contribution is 0.0700. The molecule has 0 aliphatic carbocycles. The molecule has 15 heavy (non-hydrogen) atoms. The zero-order chi connectivity index (χ0) is 11.6. The minimum atomic E-state index is -0.864. The zero-order valence-corrected chi connectivity index (χ0v) is 10.0.